The lowest BCUT2D eigenvalue weighted by Gasteiger charge is -2.24. The van der Waals surface area contributed by atoms with Crippen LogP contribution in [0.5, 0.6) is 0 Å². The van der Waals surface area contributed by atoms with E-state index in [1.54, 1.807) is 7.11 Å². The van der Waals surface area contributed by atoms with Crippen molar-refractivity contribution in [2.24, 2.45) is 5.41 Å². The first-order chi connectivity index (χ1) is 7.94. The summed E-state index contributed by atoms with van der Waals surface area (Å²) in [5, 5.41) is 3.28. The van der Waals surface area contributed by atoms with Gasteiger partial charge >= 0.3 is 0 Å². The predicted molar refractivity (Wildman–Crippen MR) is 70.3 cm³/mol. The fourth-order valence-corrected chi connectivity index (χ4v) is 1.40. The van der Waals surface area contributed by atoms with E-state index in [1.165, 1.54) is 0 Å². The topological polar surface area (TPSA) is 47.0 Å². The second-order valence-corrected chi connectivity index (χ2v) is 5.22. The van der Waals surface area contributed by atoms with Gasteiger partial charge in [0.1, 0.15) is 0 Å². The van der Waals surface area contributed by atoms with Crippen molar-refractivity contribution in [3.05, 3.63) is 17.5 Å². The van der Waals surface area contributed by atoms with Gasteiger partial charge in [0.25, 0.3) is 0 Å². The Morgan fingerprint density at radius 2 is 2.06 bits per heavy atom. The molecule has 1 rings (SSSR count). The zero-order chi connectivity index (χ0) is 12.9. The van der Waals surface area contributed by atoms with Crippen molar-refractivity contribution in [2.45, 2.75) is 34.1 Å². The molecule has 0 aliphatic rings. The summed E-state index contributed by atoms with van der Waals surface area (Å²) >= 11 is 0. The lowest BCUT2D eigenvalue weighted by Crippen LogP contribution is -2.25. The minimum atomic E-state index is 0.179. The van der Waals surface area contributed by atoms with Gasteiger partial charge in [-0.25, -0.2) is 9.97 Å². The Labute approximate surface area is 104 Å². The highest BCUT2D eigenvalue weighted by Gasteiger charge is 2.17. The Balaban J connectivity index is 2.51. The lowest BCUT2D eigenvalue weighted by atomic mass is 9.90. The molecule has 0 atom stereocenters. The molecule has 4 nitrogen and oxygen atoms in total. The SMILES string of the molecule is COCCC(C)(C)CNc1ncc(C)c(C)n1. The van der Waals surface area contributed by atoms with Crippen molar-refractivity contribution in [3.8, 4) is 0 Å². The number of methoxy groups -OCH3 is 1. The van der Waals surface area contributed by atoms with Crippen molar-refractivity contribution in [1.29, 1.82) is 0 Å². The molecule has 0 bridgehead atoms. The van der Waals surface area contributed by atoms with Crippen LogP contribution in [-0.2, 0) is 4.74 Å². The van der Waals surface area contributed by atoms with E-state index in [2.05, 4.69) is 29.1 Å². The molecule has 0 saturated heterocycles. The molecular weight excluding hydrogens is 214 g/mol. The third kappa shape index (κ3) is 4.69. The smallest absolute Gasteiger partial charge is 0.222 e. The fourth-order valence-electron chi connectivity index (χ4n) is 1.40. The number of hydrogen-bond acceptors (Lipinski definition) is 4. The van der Waals surface area contributed by atoms with Crippen LogP contribution in [0.3, 0.4) is 0 Å². The molecule has 0 unspecified atom stereocenters. The fraction of sp³-hybridized carbons (Fsp3) is 0.692. The van der Waals surface area contributed by atoms with Crippen LogP contribution in [0, 0.1) is 19.3 Å². The summed E-state index contributed by atoms with van der Waals surface area (Å²) in [5.41, 5.74) is 2.32. The molecule has 17 heavy (non-hydrogen) atoms. The summed E-state index contributed by atoms with van der Waals surface area (Å²) in [6.07, 6.45) is 2.87. The molecule has 0 amide bonds. The molecule has 0 fully saturated rings. The average Bonchev–Trinajstić information content (AvgIpc) is 2.28. The molecule has 0 radical (unpaired) electrons. The van der Waals surface area contributed by atoms with Crippen molar-refractivity contribution in [1.82, 2.24) is 9.97 Å². The van der Waals surface area contributed by atoms with Crippen LogP contribution < -0.4 is 5.32 Å². The summed E-state index contributed by atoms with van der Waals surface area (Å²) in [6, 6.07) is 0. The van der Waals surface area contributed by atoms with E-state index in [0.717, 1.165) is 30.8 Å². The van der Waals surface area contributed by atoms with Gasteiger partial charge in [0.05, 0.1) is 0 Å². The number of aryl methyl sites for hydroxylation is 2. The van der Waals surface area contributed by atoms with Crippen molar-refractivity contribution >= 4 is 5.95 Å². The summed E-state index contributed by atoms with van der Waals surface area (Å²) in [6.45, 7) is 10.1. The van der Waals surface area contributed by atoms with Gasteiger partial charge < -0.3 is 10.1 Å². The molecule has 96 valence electrons. The molecule has 1 heterocycles. The first kappa shape index (κ1) is 13.9. The standard InChI is InChI=1S/C13H23N3O/c1-10-8-14-12(16-11(10)2)15-9-13(3,4)6-7-17-5/h8H,6-7,9H2,1-5H3,(H,14,15,16). The van der Waals surface area contributed by atoms with E-state index in [1.807, 2.05) is 20.0 Å². The van der Waals surface area contributed by atoms with E-state index in [0.29, 0.717) is 5.95 Å². The van der Waals surface area contributed by atoms with Gasteiger partial charge in [-0.1, -0.05) is 13.8 Å². The summed E-state index contributed by atoms with van der Waals surface area (Å²) in [7, 11) is 1.73. The van der Waals surface area contributed by atoms with E-state index in [4.69, 9.17) is 4.74 Å². The lowest BCUT2D eigenvalue weighted by molar-refractivity contribution is 0.157. The number of nitrogens with zero attached hydrogens (tertiary/aromatic N) is 2. The minimum absolute atomic E-state index is 0.179. The normalized spacial score (nSPS) is 11.6. The number of anilines is 1. The molecule has 0 spiro atoms. The molecule has 0 aliphatic heterocycles. The molecule has 1 aromatic rings. The largest absolute Gasteiger partial charge is 0.385 e. The molecule has 1 N–H and O–H groups in total. The number of rotatable bonds is 6. The molecular formula is C13H23N3O. The quantitative estimate of drug-likeness (QED) is 0.826. The highest BCUT2D eigenvalue weighted by molar-refractivity contribution is 5.28. The second kappa shape index (κ2) is 5.96. The minimum Gasteiger partial charge on any atom is -0.385 e. The molecule has 4 heteroatoms. The first-order valence-electron chi connectivity index (χ1n) is 5.98. The maximum Gasteiger partial charge on any atom is 0.222 e. The molecule has 0 saturated carbocycles. The number of hydrogen-bond donors (Lipinski definition) is 1. The number of nitrogens with one attached hydrogen (secondary N) is 1. The van der Waals surface area contributed by atoms with Crippen LogP contribution in [0.4, 0.5) is 5.95 Å². The zero-order valence-corrected chi connectivity index (χ0v) is 11.5. The Bertz CT molecular complexity index is 364. The summed E-state index contributed by atoms with van der Waals surface area (Å²) in [4.78, 5) is 8.67. The Morgan fingerprint density at radius 1 is 1.35 bits per heavy atom. The average molecular weight is 237 g/mol. The summed E-state index contributed by atoms with van der Waals surface area (Å²) in [5.74, 6) is 0.707. The number of ether oxygens (including phenoxy) is 1. The Hall–Kier alpha value is -1.16. The Kier molecular flexibility index (Phi) is 4.87. The molecule has 0 aromatic carbocycles. The van der Waals surface area contributed by atoms with Gasteiger partial charge in [-0.05, 0) is 31.2 Å². The molecule has 1 aromatic heterocycles. The van der Waals surface area contributed by atoms with E-state index < -0.39 is 0 Å². The summed E-state index contributed by atoms with van der Waals surface area (Å²) < 4.78 is 5.11. The maximum atomic E-state index is 5.11. The predicted octanol–water partition coefficient (Wildman–Crippen LogP) is 2.57. The van der Waals surface area contributed by atoms with Gasteiger partial charge in [0, 0.05) is 32.2 Å². The van der Waals surface area contributed by atoms with Crippen molar-refractivity contribution in [3.63, 3.8) is 0 Å². The highest BCUT2D eigenvalue weighted by Crippen LogP contribution is 2.20. The van der Waals surface area contributed by atoms with Crippen LogP contribution in [0.25, 0.3) is 0 Å². The highest BCUT2D eigenvalue weighted by atomic mass is 16.5. The maximum absolute atomic E-state index is 5.11. The van der Waals surface area contributed by atoms with Crippen LogP contribution in [0.2, 0.25) is 0 Å². The van der Waals surface area contributed by atoms with Crippen molar-refractivity contribution in [2.75, 3.05) is 25.6 Å². The van der Waals surface area contributed by atoms with Gasteiger partial charge in [-0.15, -0.1) is 0 Å². The first-order valence-corrected chi connectivity index (χ1v) is 5.98. The third-order valence-electron chi connectivity index (χ3n) is 2.93. The molecule has 0 aliphatic carbocycles. The third-order valence-corrected chi connectivity index (χ3v) is 2.93. The van der Waals surface area contributed by atoms with Crippen LogP contribution in [0.15, 0.2) is 6.20 Å². The Morgan fingerprint density at radius 3 is 2.65 bits per heavy atom. The van der Waals surface area contributed by atoms with Gasteiger partial charge in [0.2, 0.25) is 5.95 Å². The van der Waals surface area contributed by atoms with E-state index in [9.17, 15) is 0 Å². The zero-order valence-electron chi connectivity index (χ0n) is 11.5. The van der Waals surface area contributed by atoms with Crippen molar-refractivity contribution < 1.29 is 4.74 Å². The van der Waals surface area contributed by atoms with Gasteiger partial charge in [0.15, 0.2) is 0 Å². The van der Waals surface area contributed by atoms with Crippen LogP contribution in [0.1, 0.15) is 31.5 Å². The van der Waals surface area contributed by atoms with Crippen LogP contribution >= 0.6 is 0 Å². The monoisotopic (exact) mass is 237 g/mol. The van der Waals surface area contributed by atoms with Gasteiger partial charge in [-0.3, -0.25) is 0 Å². The van der Waals surface area contributed by atoms with Crippen LogP contribution in [-0.4, -0.2) is 30.2 Å². The number of aromatic nitrogens is 2. The van der Waals surface area contributed by atoms with E-state index in [-0.39, 0.29) is 5.41 Å². The van der Waals surface area contributed by atoms with E-state index >= 15 is 0 Å². The van der Waals surface area contributed by atoms with Gasteiger partial charge in [-0.2, -0.15) is 0 Å². The second-order valence-electron chi connectivity index (χ2n) is 5.22.